The number of nitrogens with zero attached hydrogens (tertiary/aromatic N) is 1. The Labute approximate surface area is 98.2 Å². The number of thioether (sulfide) groups is 1. The molecule has 0 fully saturated rings. The van der Waals surface area contributed by atoms with Crippen molar-refractivity contribution in [3.63, 3.8) is 0 Å². The lowest BCUT2D eigenvalue weighted by molar-refractivity contribution is -0.0328. The van der Waals surface area contributed by atoms with Crippen molar-refractivity contribution in [1.29, 1.82) is 0 Å². The normalized spacial score (nSPS) is 12.2. The first-order valence-corrected chi connectivity index (χ1v) is 5.62. The monoisotopic (exact) mass is 266 g/mol. The van der Waals surface area contributed by atoms with E-state index in [9.17, 15) is 13.2 Å². The summed E-state index contributed by atoms with van der Waals surface area (Å²) in [7, 11) is 0. The lowest BCUT2D eigenvalue weighted by atomic mass is 10.2. The zero-order chi connectivity index (χ0) is 11.8. The number of imidazole rings is 1. The molecule has 0 aliphatic heterocycles. The Hall–Kier alpha value is -0.880. The number of hydrogen-bond donors (Lipinski definition) is 1. The molecule has 0 aliphatic carbocycles. The van der Waals surface area contributed by atoms with Crippen LogP contribution in [0, 0.1) is 0 Å². The minimum Gasteiger partial charge on any atom is -0.345 e. The first kappa shape index (κ1) is 11.6. The topological polar surface area (TPSA) is 28.7 Å². The van der Waals surface area contributed by atoms with Crippen molar-refractivity contribution in [3.05, 3.63) is 24.0 Å². The van der Waals surface area contributed by atoms with E-state index < -0.39 is 5.51 Å². The van der Waals surface area contributed by atoms with Crippen molar-refractivity contribution < 1.29 is 13.2 Å². The third-order valence-electron chi connectivity index (χ3n) is 1.95. The maximum atomic E-state index is 12.2. The van der Waals surface area contributed by atoms with Gasteiger partial charge in [0.2, 0.25) is 0 Å². The molecule has 0 spiro atoms. The zero-order valence-corrected chi connectivity index (χ0v) is 9.38. The van der Waals surface area contributed by atoms with Crippen LogP contribution in [0.3, 0.4) is 0 Å². The minimum absolute atomic E-state index is 0.111. The van der Waals surface area contributed by atoms with E-state index in [1.165, 1.54) is 18.5 Å². The van der Waals surface area contributed by atoms with Crippen molar-refractivity contribution in [1.82, 2.24) is 9.97 Å². The quantitative estimate of drug-likeness (QED) is 0.659. The van der Waals surface area contributed by atoms with Crippen LogP contribution < -0.4 is 0 Å². The van der Waals surface area contributed by atoms with E-state index in [1.807, 2.05) is 0 Å². The molecule has 0 radical (unpaired) electrons. The number of hydrogen-bond acceptors (Lipinski definition) is 2. The van der Waals surface area contributed by atoms with Crippen LogP contribution in [-0.4, -0.2) is 15.5 Å². The molecular formula is C9H6ClF3N2S. The van der Waals surface area contributed by atoms with Gasteiger partial charge < -0.3 is 4.98 Å². The summed E-state index contributed by atoms with van der Waals surface area (Å²) >= 11 is 5.50. The first-order chi connectivity index (χ1) is 7.49. The van der Waals surface area contributed by atoms with Gasteiger partial charge in [0.25, 0.3) is 0 Å². The summed E-state index contributed by atoms with van der Waals surface area (Å²) < 4.78 is 36.6. The zero-order valence-electron chi connectivity index (χ0n) is 7.81. The summed E-state index contributed by atoms with van der Waals surface area (Å²) in [5, 5.41) is 0. The van der Waals surface area contributed by atoms with E-state index in [-0.39, 0.29) is 22.5 Å². The van der Waals surface area contributed by atoms with Gasteiger partial charge in [-0.15, -0.1) is 11.6 Å². The predicted octanol–water partition coefficient (Wildman–Crippen LogP) is 3.91. The van der Waals surface area contributed by atoms with Gasteiger partial charge >= 0.3 is 5.51 Å². The molecule has 2 aromatic rings. The molecule has 86 valence electrons. The van der Waals surface area contributed by atoms with Crippen molar-refractivity contribution in [2.45, 2.75) is 16.3 Å². The fourth-order valence-corrected chi connectivity index (χ4v) is 2.24. The van der Waals surface area contributed by atoms with Crippen LogP contribution in [-0.2, 0) is 5.88 Å². The van der Waals surface area contributed by atoms with Gasteiger partial charge in [-0.3, -0.25) is 0 Å². The second-order valence-corrected chi connectivity index (χ2v) is 4.47. The molecule has 16 heavy (non-hydrogen) atoms. The molecule has 0 amide bonds. The van der Waals surface area contributed by atoms with Crippen LogP contribution in [0.5, 0.6) is 0 Å². The summed E-state index contributed by atoms with van der Waals surface area (Å²) in [6.45, 7) is 0. The SMILES string of the molecule is FC(F)(F)Sc1cc(CCl)c2nc[nH]c2c1. The van der Waals surface area contributed by atoms with Crippen LogP contribution >= 0.6 is 23.4 Å². The predicted molar refractivity (Wildman–Crippen MR) is 57.6 cm³/mol. The highest BCUT2D eigenvalue weighted by molar-refractivity contribution is 8.00. The first-order valence-electron chi connectivity index (χ1n) is 4.27. The molecule has 0 saturated heterocycles. The summed E-state index contributed by atoms with van der Waals surface area (Å²) in [5.74, 6) is 0.133. The average molecular weight is 267 g/mol. The second kappa shape index (κ2) is 4.18. The van der Waals surface area contributed by atoms with E-state index in [1.54, 1.807) is 0 Å². The molecule has 0 unspecified atom stereocenters. The number of benzene rings is 1. The molecule has 1 N–H and O–H groups in total. The average Bonchev–Trinajstić information content (AvgIpc) is 2.61. The van der Waals surface area contributed by atoms with Gasteiger partial charge in [-0.2, -0.15) is 13.2 Å². The molecular weight excluding hydrogens is 261 g/mol. The molecule has 7 heteroatoms. The largest absolute Gasteiger partial charge is 0.446 e. The molecule has 2 nitrogen and oxygen atoms in total. The Kier molecular flexibility index (Phi) is 3.03. The van der Waals surface area contributed by atoms with Crippen LogP contribution in [0.2, 0.25) is 0 Å². The van der Waals surface area contributed by atoms with Crippen LogP contribution in [0.4, 0.5) is 13.2 Å². The van der Waals surface area contributed by atoms with Crippen molar-refractivity contribution in [3.8, 4) is 0 Å². The Morgan fingerprint density at radius 2 is 2.12 bits per heavy atom. The van der Waals surface area contributed by atoms with E-state index in [2.05, 4.69) is 9.97 Å². The maximum Gasteiger partial charge on any atom is 0.446 e. The molecule has 0 aliphatic rings. The molecule has 0 saturated carbocycles. The Bertz CT molecular complexity index is 509. The second-order valence-electron chi connectivity index (χ2n) is 3.06. The number of H-pyrrole nitrogens is 1. The summed E-state index contributed by atoms with van der Waals surface area (Å²) in [6, 6.07) is 2.82. The lowest BCUT2D eigenvalue weighted by Gasteiger charge is -2.07. The lowest BCUT2D eigenvalue weighted by Crippen LogP contribution is -1.99. The van der Waals surface area contributed by atoms with Gasteiger partial charge in [0.1, 0.15) is 0 Å². The van der Waals surface area contributed by atoms with Crippen LogP contribution in [0.15, 0.2) is 23.4 Å². The Morgan fingerprint density at radius 1 is 1.38 bits per heavy atom. The molecule has 0 atom stereocenters. The Balaban J connectivity index is 2.47. The molecule has 1 aromatic carbocycles. The fourth-order valence-electron chi connectivity index (χ4n) is 1.39. The number of alkyl halides is 4. The molecule has 0 bridgehead atoms. The van der Waals surface area contributed by atoms with Crippen LogP contribution in [0.1, 0.15) is 5.56 Å². The van der Waals surface area contributed by atoms with Crippen molar-refractivity contribution in [2.24, 2.45) is 0 Å². The third-order valence-corrected chi connectivity index (χ3v) is 2.94. The highest BCUT2D eigenvalue weighted by atomic mass is 35.5. The van der Waals surface area contributed by atoms with E-state index in [0.29, 0.717) is 16.6 Å². The standard InChI is InChI=1S/C9H6ClF3N2S/c10-3-5-1-6(16-9(11,12)13)2-7-8(5)15-4-14-7/h1-2,4H,3H2,(H,14,15). The number of halogens is 4. The summed E-state index contributed by atoms with van der Waals surface area (Å²) in [6.07, 6.45) is 1.43. The van der Waals surface area contributed by atoms with E-state index in [4.69, 9.17) is 11.6 Å². The number of rotatable bonds is 2. The highest BCUT2D eigenvalue weighted by Crippen LogP contribution is 2.38. The number of nitrogens with one attached hydrogen (secondary N) is 1. The molecule has 2 rings (SSSR count). The van der Waals surface area contributed by atoms with E-state index >= 15 is 0 Å². The van der Waals surface area contributed by atoms with Gasteiger partial charge in [0.05, 0.1) is 17.4 Å². The van der Waals surface area contributed by atoms with Crippen molar-refractivity contribution >= 4 is 34.4 Å². The van der Waals surface area contributed by atoms with Gasteiger partial charge in [-0.25, -0.2) is 4.98 Å². The number of fused-ring (bicyclic) bond motifs is 1. The summed E-state index contributed by atoms with van der Waals surface area (Å²) in [4.78, 5) is 6.88. The highest BCUT2D eigenvalue weighted by Gasteiger charge is 2.29. The number of aromatic amines is 1. The minimum atomic E-state index is -4.29. The summed E-state index contributed by atoms with van der Waals surface area (Å²) in [5.41, 5.74) is -2.53. The van der Waals surface area contributed by atoms with Gasteiger partial charge in [-0.1, -0.05) is 0 Å². The van der Waals surface area contributed by atoms with Crippen molar-refractivity contribution in [2.75, 3.05) is 0 Å². The molecule has 1 heterocycles. The van der Waals surface area contributed by atoms with Gasteiger partial charge in [0.15, 0.2) is 0 Å². The van der Waals surface area contributed by atoms with E-state index in [0.717, 1.165) is 0 Å². The maximum absolute atomic E-state index is 12.2. The molecule has 1 aromatic heterocycles. The van der Waals surface area contributed by atoms with Gasteiger partial charge in [-0.05, 0) is 29.5 Å². The smallest absolute Gasteiger partial charge is 0.345 e. The van der Waals surface area contributed by atoms with Gasteiger partial charge in [0, 0.05) is 10.8 Å². The fraction of sp³-hybridized carbons (Fsp3) is 0.222. The van der Waals surface area contributed by atoms with Crippen LogP contribution in [0.25, 0.3) is 11.0 Å². The third kappa shape index (κ3) is 2.44. The number of aromatic nitrogens is 2. The Morgan fingerprint density at radius 3 is 2.75 bits per heavy atom.